The first-order valence-electron chi connectivity index (χ1n) is 7.99. The third-order valence-electron chi connectivity index (χ3n) is 4.26. The number of anilines is 2. The number of aromatic nitrogens is 4. The summed E-state index contributed by atoms with van der Waals surface area (Å²) in [7, 11) is 0. The molecule has 0 radical (unpaired) electrons. The first-order chi connectivity index (χ1) is 11.6. The monoisotopic (exact) mass is 319 g/mol. The van der Waals surface area contributed by atoms with Crippen LogP contribution in [0.15, 0.2) is 30.5 Å². The number of fused-ring (bicyclic) bond motifs is 2. The van der Waals surface area contributed by atoms with E-state index in [0.717, 1.165) is 28.7 Å². The number of nitrogens with one attached hydrogen (secondary N) is 1. The van der Waals surface area contributed by atoms with E-state index >= 15 is 0 Å². The largest absolute Gasteiger partial charge is 0.294 e. The second-order valence-electron chi connectivity index (χ2n) is 6.27. The Bertz CT molecular complexity index is 953. The van der Waals surface area contributed by atoms with Crippen molar-refractivity contribution >= 4 is 28.6 Å². The number of carbonyl (C=O) groups is 1. The van der Waals surface area contributed by atoms with Crippen molar-refractivity contribution in [3.05, 3.63) is 47.4 Å². The summed E-state index contributed by atoms with van der Waals surface area (Å²) in [6.45, 7) is 4.01. The van der Waals surface area contributed by atoms with Crippen molar-refractivity contribution in [1.82, 2.24) is 19.9 Å². The zero-order valence-electron chi connectivity index (χ0n) is 13.6. The maximum absolute atomic E-state index is 12.0. The summed E-state index contributed by atoms with van der Waals surface area (Å²) in [6.07, 6.45) is 2.96. The molecule has 2 heterocycles. The standard InChI is InChI=1S/C18H17N5O/c1-10-7-15-13(16(24)8-10)9-19-17(22-15)23-18-20-11(2)12-5-3-4-6-14(12)21-18/h3-6,9-10H,7-8H2,1-2H3,(H,19,20,21,22,23). The Morgan fingerprint density at radius 1 is 1.08 bits per heavy atom. The van der Waals surface area contributed by atoms with Gasteiger partial charge in [-0.25, -0.2) is 19.9 Å². The molecule has 0 bridgehead atoms. The van der Waals surface area contributed by atoms with E-state index in [-0.39, 0.29) is 5.78 Å². The average molecular weight is 319 g/mol. The van der Waals surface area contributed by atoms with E-state index in [2.05, 4.69) is 32.2 Å². The van der Waals surface area contributed by atoms with Gasteiger partial charge in [0.15, 0.2) is 5.78 Å². The van der Waals surface area contributed by atoms with E-state index in [9.17, 15) is 4.79 Å². The first-order valence-corrected chi connectivity index (χ1v) is 7.99. The van der Waals surface area contributed by atoms with E-state index in [0.29, 0.717) is 29.8 Å². The number of carbonyl (C=O) groups excluding carboxylic acids is 1. The van der Waals surface area contributed by atoms with E-state index < -0.39 is 0 Å². The van der Waals surface area contributed by atoms with Gasteiger partial charge in [-0.3, -0.25) is 10.1 Å². The molecule has 6 heteroatoms. The number of Topliss-reactive ketones (excluding diaryl/α,β-unsaturated/α-hetero) is 1. The minimum absolute atomic E-state index is 0.119. The Morgan fingerprint density at radius 2 is 1.92 bits per heavy atom. The van der Waals surface area contributed by atoms with Crippen LogP contribution in [-0.4, -0.2) is 25.7 Å². The molecule has 0 aliphatic heterocycles. The van der Waals surface area contributed by atoms with Crippen LogP contribution in [0.4, 0.5) is 11.9 Å². The zero-order valence-corrected chi connectivity index (χ0v) is 13.6. The van der Waals surface area contributed by atoms with Gasteiger partial charge in [-0.05, 0) is 25.3 Å². The van der Waals surface area contributed by atoms with Gasteiger partial charge < -0.3 is 0 Å². The van der Waals surface area contributed by atoms with Crippen molar-refractivity contribution < 1.29 is 4.79 Å². The highest BCUT2D eigenvalue weighted by Crippen LogP contribution is 2.25. The predicted molar refractivity (Wildman–Crippen MR) is 91.4 cm³/mol. The van der Waals surface area contributed by atoms with Gasteiger partial charge in [-0.15, -0.1) is 0 Å². The van der Waals surface area contributed by atoms with E-state index in [4.69, 9.17) is 0 Å². The Labute approximate surface area is 139 Å². The van der Waals surface area contributed by atoms with Gasteiger partial charge >= 0.3 is 0 Å². The van der Waals surface area contributed by atoms with Crippen LogP contribution in [0, 0.1) is 12.8 Å². The smallest absolute Gasteiger partial charge is 0.230 e. The molecule has 1 unspecified atom stereocenters. The maximum atomic E-state index is 12.0. The molecule has 6 nitrogen and oxygen atoms in total. The third kappa shape index (κ3) is 2.60. The lowest BCUT2D eigenvalue weighted by molar-refractivity contribution is 0.0951. The van der Waals surface area contributed by atoms with Gasteiger partial charge in [-0.2, -0.15) is 0 Å². The Hall–Kier alpha value is -2.89. The molecule has 2 aromatic heterocycles. The van der Waals surface area contributed by atoms with Gasteiger partial charge in [0.2, 0.25) is 11.9 Å². The zero-order chi connectivity index (χ0) is 16.7. The molecule has 1 aliphatic carbocycles. The molecule has 1 N–H and O–H groups in total. The molecule has 0 spiro atoms. The summed E-state index contributed by atoms with van der Waals surface area (Å²) in [6, 6.07) is 7.86. The average Bonchev–Trinajstić information content (AvgIpc) is 2.54. The molecule has 24 heavy (non-hydrogen) atoms. The van der Waals surface area contributed by atoms with Crippen molar-refractivity contribution in [2.45, 2.75) is 26.7 Å². The lowest BCUT2D eigenvalue weighted by atomic mass is 9.88. The molecule has 0 saturated carbocycles. The van der Waals surface area contributed by atoms with Crippen molar-refractivity contribution in [1.29, 1.82) is 0 Å². The number of nitrogens with zero attached hydrogens (tertiary/aromatic N) is 4. The fraction of sp³-hybridized carbons (Fsp3) is 0.278. The fourth-order valence-electron chi connectivity index (χ4n) is 3.09. The summed E-state index contributed by atoms with van der Waals surface area (Å²) in [5, 5.41) is 4.08. The minimum Gasteiger partial charge on any atom is -0.294 e. The molecular weight excluding hydrogens is 302 g/mol. The number of ketones is 1. The van der Waals surface area contributed by atoms with Gasteiger partial charge in [0.05, 0.1) is 22.5 Å². The van der Waals surface area contributed by atoms with Crippen LogP contribution >= 0.6 is 0 Å². The van der Waals surface area contributed by atoms with Crippen molar-refractivity contribution in [2.75, 3.05) is 5.32 Å². The van der Waals surface area contributed by atoms with Crippen molar-refractivity contribution in [2.24, 2.45) is 5.92 Å². The molecule has 1 atom stereocenters. The van der Waals surface area contributed by atoms with Gasteiger partial charge in [0.25, 0.3) is 0 Å². The number of rotatable bonds is 2. The summed E-state index contributed by atoms with van der Waals surface area (Å²) in [5.41, 5.74) is 3.20. The van der Waals surface area contributed by atoms with Crippen LogP contribution < -0.4 is 5.32 Å². The van der Waals surface area contributed by atoms with Gasteiger partial charge in [0.1, 0.15) is 0 Å². The number of hydrogen-bond acceptors (Lipinski definition) is 6. The topological polar surface area (TPSA) is 80.7 Å². The quantitative estimate of drug-likeness (QED) is 0.781. The summed E-state index contributed by atoms with van der Waals surface area (Å²) in [4.78, 5) is 29.8. The van der Waals surface area contributed by atoms with Crippen molar-refractivity contribution in [3.63, 3.8) is 0 Å². The lowest BCUT2D eigenvalue weighted by Gasteiger charge is -2.19. The van der Waals surface area contributed by atoms with Crippen LogP contribution in [0.5, 0.6) is 0 Å². The number of para-hydroxylation sites is 1. The summed E-state index contributed by atoms with van der Waals surface area (Å²) < 4.78 is 0. The molecule has 1 aliphatic rings. The normalized spacial score (nSPS) is 16.9. The Kier molecular flexibility index (Phi) is 3.45. The highest BCUT2D eigenvalue weighted by molar-refractivity contribution is 5.98. The molecule has 120 valence electrons. The van der Waals surface area contributed by atoms with Crippen LogP contribution in [0.1, 0.15) is 35.1 Å². The second-order valence-corrected chi connectivity index (χ2v) is 6.27. The van der Waals surface area contributed by atoms with Crippen LogP contribution in [-0.2, 0) is 6.42 Å². The first kappa shape index (κ1) is 14.7. The molecule has 3 aromatic rings. The summed E-state index contributed by atoms with van der Waals surface area (Å²) >= 11 is 0. The van der Waals surface area contributed by atoms with Crippen molar-refractivity contribution in [3.8, 4) is 0 Å². The third-order valence-corrected chi connectivity index (χ3v) is 4.26. The number of hydrogen-bond donors (Lipinski definition) is 1. The Morgan fingerprint density at radius 3 is 2.79 bits per heavy atom. The van der Waals surface area contributed by atoms with E-state index in [1.807, 2.05) is 31.2 Å². The molecule has 0 saturated heterocycles. The highest BCUT2D eigenvalue weighted by Gasteiger charge is 2.24. The minimum atomic E-state index is 0.119. The Balaban J connectivity index is 1.69. The molecule has 0 amide bonds. The second kappa shape index (κ2) is 5.63. The van der Waals surface area contributed by atoms with E-state index in [1.54, 1.807) is 6.20 Å². The van der Waals surface area contributed by atoms with Gasteiger partial charge in [-0.1, -0.05) is 25.1 Å². The SMILES string of the molecule is Cc1nc(Nc2ncc3c(n2)CC(C)CC3=O)nc2ccccc12. The molecule has 0 fully saturated rings. The predicted octanol–water partition coefficient (Wildman–Crippen LogP) is 3.24. The number of aryl methyl sites for hydroxylation is 1. The molecule has 1 aromatic carbocycles. The maximum Gasteiger partial charge on any atom is 0.230 e. The van der Waals surface area contributed by atoms with Crippen LogP contribution in [0.3, 0.4) is 0 Å². The van der Waals surface area contributed by atoms with Gasteiger partial charge in [0, 0.05) is 18.0 Å². The van der Waals surface area contributed by atoms with Crippen LogP contribution in [0.2, 0.25) is 0 Å². The van der Waals surface area contributed by atoms with Crippen LogP contribution in [0.25, 0.3) is 10.9 Å². The highest BCUT2D eigenvalue weighted by atomic mass is 16.1. The summed E-state index contributed by atoms with van der Waals surface area (Å²) in [5.74, 6) is 1.31. The molecule has 4 rings (SSSR count). The fourth-order valence-corrected chi connectivity index (χ4v) is 3.09. The molecular formula is C18H17N5O. The lowest BCUT2D eigenvalue weighted by Crippen LogP contribution is -2.20. The van der Waals surface area contributed by atoms with E-state index in [1.165, 1.54) is 0 Å². The number of benzene rings is 1.